The van der Waals surface area contributed by atoms with E-state index in [1.54, 1.807) is 6.92 Å². The molecular formula is C16H20N4O3S. The average molecular weight is 348 g/mol. The number of ether oxygens (including phenoxy) is 1. The smallest absolute Gasteiger partial charge is 0.273 e. The Labute approximate surface area is 144 Å². The summed E-state index contributed by atoms with van der Waals surface area (Å²) in [4.78, 5) is 18.9. The van der Waals surface area contributed by atoms with Gasteiger partial charge in [-0.3, -0.25) is 4.79 Å². The largest absolute Gasteiger partial charge is 0.425 e. The lowest BCUT2D eigenvalue weighted by Crippen LogP contribution is -2.51. The summed E-state index contributed by atoms with van der Waals surface area (Å²) in [7, 11) is 0. The topological polar surface area (TPSA) is 81.4 Å². The highest BCUT2D eigenvalue weighted by molar-refractivity contribution is 7.09. The van der Waals surface area contributed by atoms with Gasteiger partial charge >= 0.3 is 0 Å². The fourth-order valence-electron chi connectivity index (χ4n) is 3.69. The maximum absolute atomic E-state index is 12.7. The van der Waals surface area contributed by atoms with Gasteiger partial charge in [-0.1, -0.05) is 0 Å². The Bertz CT molecular complexity index is 743. The minimum absolute atomic E-state index is 0.00355. The molecule has 0 unspecified atom stereocenters. The summed E-state index contributed by atoms with van der Waals surface area (Å²) in [5, 5.41) is 10.9. The molecule has 2 saturated heterocycles. The number of piperidine rings is 1. The van der Waals surface area contributed by atoms with E-state index in [9.17, 15) is 4.79 Å². The molecule has 24 heavy (non-hydrogen) atoms. The van der Waals surface area contributed by atoms with Crippen LogP contribution in [-0.4, -0.2) is 51.8 Å². The molecule has 2 aromatic heterocycles. The molecule has 128 valence electrons. The summed E-state index contributed by atoms with van der Waals surface area (Å²) >= 11 is 1.50. The molecule has 0 aliphatic carbocycles. The second-order valence-electron chi connectivity index (χ2n) is 6.42. The maximum Gasteiger partial charge on any atom is 0.273 e. The van der Waals surface area contributed by atoms with Gasteiger partial charge in [0.25, 0.3) is 5.91 Å². The summed E-state index contributed by atoms with van der Waals surface area (Å²) in [6.45, 7) is 5.76. The zero-order chi connectivity index (χ0) is 16.7. The van der Waals surface area contributed by atoms with Crippen molar-refractivity contribution < 1.29 is 13.9 Å². The van der Waals surface area contributed by atoms with Gasteiger partial charge in [0.05, 0.1) is 11.1 Å². The number of rotatable bonds is 2. The van der Waals surface area contributed by atoms with Gasteiger partial charge in [-0.25, -0.2) is 4.98 Å². The number of nitrogens with zero attached hydrogens (tertiary/aromatic N) is 4. The quantitative estimate of drug-likeness (QED) is 0.827. The normalized spacial score (nSPS) is 27.1. The highest BCUT2D eigenvalue weighted by atomic mass is 32.1. The minimum Gasteiger partial charge on any atom is -0.425 e. The van der Waals surface area contributed by atoms with E-state index in [0.717, 1.165) is 17.8 Å². The van der Waals surface area contributed by atoms with Crippen LogP contribution >= 0.6 is 11.3 Å². The van der Waals surface area contributed by atoms with Gasteiger partial charge in [0.15, 0.2) is 0 Å². The Morgan fingerprint density at radius 2 is 2.21 bits per heavy atom. The predicted molar refractivity (Wildman–Crippen MR) is 87.0 cm³/mol. The van der Waals surface area contributed by atoms with Gasteiger partial charge in [0.1, 0.15) is 5.69 Å². The Kier molecular flexibility index (Phi) is 4.09. The molecule has 0 spiro atoms. The Balaban J connectivity index is 1.54. The standard InChI is InChI=1S/C16H20N4O3S/c1-9-18-19-15(23-9)11-4-6-22-14-3-5-20(7-12(11)14)16(21)13-8-24-10(2)17-13/h8,11-12,14H,3-7H2,1-2H3/t11-,12-,14-/m1/s1. The molecule has 8 heteroatoms. The second kappa shape index (κ2) is 6.25. The number of fused-ring (bicyclic) bond motifs is 1. The van der Waals surface area contributed by atoms with Crippen molar-refractivity contribution in [2.24, 2.45) is 5.92 Å². The van der Waals surface area contributed by atoms with Crippen molar-refractivity contribution in [2.75, 3.05) is 19.7 Å². The maximum atomic E-state index is 12.7. The number of aromatic nitrogens is 3. The van der Waals surface area contributed by atoms with Crippen molar-refractivity contribution in [3.05, 3.63) is 27.9 Å². The van der Waals surface area contributed by atoms with Crippen LogP contribution in [0.5, 0.6) is 0 Å². The third-order valence-corrected chi connectivity index (χ3v) is 5.63. The van der Waals surface area contributed by atoms with E-state index in [0.29, 0.717) is 37.2 Å². The molecule has 2 aromatic rings. The number of amides is 1. The van der Waals surface area contributed by atoms with E-state index in [1.807, 2.05) is 17.2 Å². The minimum atomic E-state index is 0.00355. The zero-order valence-electron chi connectivity index (χ0n) is 13.8. The lowest BCUT2D eigenvalue weighted by molar-refractivity contribution is -0.0752. The molecular weight excluding hydrogens is 328 g/mol. The van der Waals surface area contributed by atoms with Gasteiger partial charge in [-0.15, -0.1) is 21.5 Å². The first-order valence-electron chi connectivity index (χ1n) is 8.25. The van der Waals surface area contributed by atoms with Crippen molar-refractivity contribution in [3.63, 3.8) is 0 Å². The van der Waals surface area contributed by atoms with Crippen molar-refractivity contribution in [3.8, 4) is 0 Å². The first-order chi connectivity index (χ1) is 11.6. The van der Waals surface area contributed by atoms with Crippen LogP contribution in [0.15, 0.2) is 9.80 Å². The molecule has 0 saturated carbocycles. The van der Waals surface area contributed by atoms with Crippen LogP contribution in [0, 0.1) is 19.8 Å². The number of likely N-dealkylation sites (tertiary alicyclic amines) is 1. The van der Waals surface area contributed by atoms with Crippen molar-refractivity contribution >= 4 is 17.2 Å². The summed E-state index contributed by atoms with van der Waals surface area (Å²) < 4.78 is 11.6. The van der Waals surface area contributed by atoms with Gasteiger partial charge in [0.2, 0.25) is 11.8 Å². The lowest BCUT2D eigenvalue weighted by atomic mass is 9.79. The number of hydrogen-bond donors (Lipinski definition) is 0. The zero-order valence-corrected chi connectivity index (χ0v) is 14.6. The van der Waals surface area contributed by atoms with Gasteiger partial charge in [0, 0.05) is 43.8 Å². The molecule has 2 fully saturated rings. The van der Waals surface area contributed by atoms with Crippen molar-refractivity contribution in [1.29, 1.82) is 0 Å². The molecule has 0 aromatic carbocycles. The first-order valence-corrected chi connectivity index (χ1v) is 9.13. The molecule has 4 heterocycles. The van der Waals surface area contributed by atoms with Crippen LogP contribution in [0.4, 0.5) is 0 Å². The lowest BCUT2D eigenvalue weighted by Gasteiger charge is -2.43. The molecule has 1 amide bonds. The number of thiazole rings is 1. The molecule has 0 radical (unpaired) electrons. The van der Waals surface area contributed by atoms with E-state index in [2.05, 4.69) is 15.2 Å². The van der Waals surface area contributed by atoms with E-state index in [-0.39, 0.29) is 23.8 Å². The third-order valence-electron chi connectivity index (χ3n) is 4.85. The molecule has 2 aliphatic rings. The van der Waals surface area contributed by atoms with E-state index in [1.165, 1.54) is 11.3 Å². The Morgan fingerprint density at radius 1 is 1.33 bits per heavy atom. The Morgan fingerprint density at radius 3 is 2.92 bits per heavy atom. The van der Waals surface area contributed by atoms with Crippen LogP contribution in [-0.2, 0) is 4.74 Å². The second-order valence-corrected chi connectivity index (χ2v) is 7.48. The predicted octanol–water partition coefficient (Wildman–Crippen LogP) is 2.18. The van der Waals surface area contributed by atoms with E-state index < -0.39 is 0 Å². The van der Waals surface area contributed by atoms with Gasteiger partial charge in [-0.2, -0.15) is 0 Å². The van der Waals surface area contributed by atoms with Gasteiger partial charge < -0.3 is 14.1 Å². The van der Waals surface area contributed by atoms with Crippen molar-refractivity contribution in [1.82, 2.24) is 20.1 Å². The third kappa shape index (κ3) is 2.84. The highest BCUT2D eigenvalue weighted by Gasteiger charge is 2.42. The van der Waals surface area contributed by atoms with E-state index >= 15 is 0 Å². The molecule has 3 atom stereocenters. The van der Waals surface area contributed by atoms with Crippen LogP contribution in [0.25, 0.3) is 0 Å². The average Bonchev–Trinajstić information content (AvgIpc) is 3.21. The first kappa shape index (κ1) is 15.7. The molecule has 4 rings (SSSR count). The van der Waals surface area contributed by atoms with Crippen LogP contribution in [0.2, 0.25) is 0 Å². The number of carbonyl (C=O) groups is 1. The van der Waals surface area contributed by atoms with E-state index in [4.69, 9.17) is 9.15 Å². The molecule has 0 N–H and O–H groups in total. The number of hydrogen-bond acceptors (Lipinski definition) is 7. The van der Waals surface area contributed by atoms with Crippen LogP contribution in [0.3, 0.4) is 0 Å². The molecule has 0 bridgehead atoms. The monoisotopic (exact) mass is 348 g/mol. The summed E-state index contributed by atoms with van der Waals surface area (Å²) in [6.07, 6.45) is 1.83. The summed E-state index contributed by atoms with van der Waals surface area (Å²) in [5.74, 6) is 1.59. The highest BCUT2D eigenvalue weighted by Crippen LogP contribution is 2.39. The molecule has 7 nitrogen and oxygen atoms in total. The summed E-state index contributed by atoms with van der Waals surface area (Å²) in [5.41, 5.74) is 0.540. The number of aryl methyl sites for hydroxylation is 2. The van der Waals surface area contributed by atoms with Gasteiger partial charge in [-0.05, 0) is 19.8 Å². The number of carbonyl (C=O) groups excluding carboxylic acids is 1. The van der Waals surface area contributed by atoms with Crippen molar-refractivity contribution in [2.45, 2.75) is 38.7 Å². The SMILES string of the molecule is Cc1nnc([C@@H]2CCO[C@@H]3CCN(C(=O)c4csc(C)n4)C[C@@H]32)o1. The van der Waals surface area contributed by atoms with Crippen LogP contribution in [0.1, 0.15) is 46.0 Å². The Hall–Kier alpha value is -1.80. The fraction of sp³-hybridized carbons (Fsp3) is 0.625. The van der Waals surface area contributed by atoms with Crippen LogP contribution < -0.4 is 0 Å². The fourth-order valence-corrected chi connectivity index (χ4v) is 4.28. The summed E-state index contributed by atoms with van der Waals surface area (Å²) in [6, 6.07) is 0. The molecule has 2 aliphatic heterocycles.